The lowest BCUT2D eigenvalue weighted by molar-refractivity contribution is 0.260. The third-order valence-electron chi connectivity index (χ3n) is 5.38. The normalized spacial score (nSPS) is 14.2. The Labute approximate surface area is 194 Å². The summed E-state index contributed by atoms with van der Waals surface area (Å²) in [5.41, 5.74) is 2.45. The van der Waals surface area contributed by atoms with Crippen LogP contribution in [0.15, 0.2) is 90.7 Å². The van der Waals surface area contributed by atoms with Crippen LogP contribution in [0.25, 0.3) is 0 Å². The van der Waals surface area contributed by atoms with Gasteiger partial charge in [0.1, 0.15) is 11.5 Å². The van der Waals surface area contributed by atoms with E-state index in [1.165, 1.54) is 11.4 Å². The molecule has 0 radical (unpaired) electrons. The first-order chi connectivity index (χ1) is 15.2. The zero-order valence-corrected chi connectivity index (χ0v) is 18.9. The summed E-state index contributed by atoms with van der Waals surface area (Å²) >= 11 is 12.1. The Bertz CT molecular complexity index is 969. The zero-order chi connectivity index (χ0) is 21.5. The van der Waals surface area contributed by atoms with Gasteiger partial charge < -0.3 is 9.64 Å². The first-order valence-corrected chi connectivity index (χ1v) is 11.4. The van der Waals surface area contributed by atoms with Crippen molar-refractivity contribution < 1.29 is 4.74 Å². The Balaban J connectivity index is 1.30. The first kappa shape index (κ1) is 21.8. The van der Waals surface area contributed by atoms with Gasteiger partial charge in [-0.05, 0) is 48.9 Å². The Morgan fingerprint density at radius 1 is 0.839 bits per heavy atom. The van der Waals surface area contributed by atoms with Crippen molar-refractivity contribution in [3.8, 4) is 5.75 Å². The van der Waals surface area contributed by atoms with E-state index in [-0.39, 0.29) is 0 Å². The van der Waals surface area contributed by atoms with Gasteiger partial charge in [-0.3, -0.25) is 4.90 Å². The van der Waals surface area contributed by atoms with Gasteiger partial charge in [-0.2, -0.15) is 0 Å². The topological polar surface area (TPSA) is 15.7 Å². The van der Waals surface area contributed by atoms with Gasteiger partial charge in [0.05, 0.1) is 10.0 Å². The molecule has 160 valence electrons. The molecule has 31 heavy (non-hydrogen) atoms. The molecule has 1 heterocycles. The second-order valence-electron chi connectivity index (χ2n) is 7.58. The van der Waals surface area contributed by atoms with Crippen LogP contribution < -0.4 is 9.64 Å². The molecule has 0 unspecified atom stereocenters. The fourth-order valence-electron chi connectivity index (χ4n) is 3.76. The van der Waals surface area contributed by atoms with Crippen molar-refractivity contribution in [3.63, 3.8) is 0 Å². The number of halogens is 2. The van der Waals surface area contributed by atoms with Crippen molar-refractivity contribution in [1.82, 2.24) is 4.90 Å². The smallest absolute Gasteiger partial charge is 0.128 e. The maximum absolute atomic E-state index is 6.08. The lowest BCUT2D eigenvalue weighted by Gasteiger charge is -2.29. The highest BCUT2D eigenvalue weighted by molar-refractivity contribution is 6.42. The van der Waals surface area contributed by atoms with Crippen molar-refractivity contribution in [3.05, 3.63) is 101 Å². The molecule has 0 saturated carbocycles. The lowest BCUT2D eigenvalue weighted by atomic mass is 10.2. The molecular formula is C26H26Cl2N2O. The van der Waals surface area contributed by atoms with E-state index in [1.54, 1.807) is 12.1 Å². The van der Waals surface area contributed by atoms with Crippen molar-refractivity contribution >= 4 is 34.6 Å². The number of rotatable bonds is 8. The number of benzene rings is 3. The molecule has 0 bridgehead atoms. The summed E-state index contributed by atoms with van der Waals surface area (Å²) in [5.74, 6) is 1.72. The molecule has 0 amide bonds. The van der Waals surface area contributed by atoms with Gasteiger partial charge in [0, 0.05) is 50.0 Å². The van der Waals surface area contributed by atoms with Crippen LogP contribution >= 0.6 is 23.2 Å². The standard InChI is InChI=1S/C26H26Cl2N2O/c27-25-13-12-24(20-26(25)28)31-23-14-18-29(19-15-23)16-7-17-30(21-8-3-1-4-9-21)22-10-5-2-6-11-22/h1-6,8-14,20H,7,15-19H2. The van der Waals surface area contributed by atoms with Gasteiger partial charge in [-0.1, -0.05) is 59.6 Å². The van der Waals surface area contributed by atoms with Gasteiger partial charge in [-0.25, -0.2) is 0 Å². The molecule has 0 aromatic heterocycles. The van der Waals surface area contributed by atoms with Gasteiger partial charge in [0.15, 0.2) is 0 Å². The molecule has 0 fully saturated rings. The van der Waals surface area contributed by atoms with Gasteiger partial charge in [0.2, 0.25) is 0 Å². The molecule has 0 atom stereocenters. The summed E-state index contributed by atoms with van der Waals surface area (Å²) in [4.78, 5) is 4.86. The second-order valence-corrected chi connectivity index (χ2v) is 8.39. The maximum atomic E-state index is 6.08. The van der Waals surface area contributed by atoms with Crippen LogP contribution in [0.2, 0.25) is 10.0 Å². The van der Waals surface area contributed by atoms with Crippen molar-refractivity contribution in [2.45, 2.75) is 12.8 Å². The summed E-state index contributed by atoms with van der Waals surface area (Å²) in [5, 5.41) is 1.05. The summed E-state index contributed by atoms with van der Waals surface area (Å²) in [6.07, 6.45) is 4.14. The largest absolute Gasteiger partial charge is 0.462 e. The molecule has 1 aliphatic heterocycles. The Morgan fingerprint density at radius 3 is 2.10 bits per heavy atom. The molecule has 3 nitrogen and oxygen atoms in total. The quantitative estimate of drug-likeness (QED) is 0.359. The molecule has 3 aromatic carbocycles. The molecule has 5 heteroatoms. The van der Waals surface area contributed by atoms with Crippen LogP contribution in [0.1, 0.15) is 12.8 Å². The van der Waals surface area contributed by atoms with Gasteiger partial charge in [-0.15, -0.1) is 0 Å². The number of hydrogen-bond acceptors (Lipinski definition) is 3. The summed E-state index contributed by atoms with van der Waals surface area (Å²) in [7, 11) is 0. The third-order valence-corrected chi connectivity index (χ3v) is 6.12. The van der Waals surface area contributed by atoms with Crippen molar-refractivity contribution in [1.29, 1.82) is 0 Å². The molecule has 0 N–H and O–H groups in total. The maximum Gasteiger partial charge on any atom is 0.128 e. The Kier molecular flexibility index (Phi) is 7.52. The molecule has 0 aliphatic carbocycles. The van der Waals surface area contributed by atoms with E-state index in [0.717, 1.165) is 50.5 Å². The van der Waals surface area contributed by atoms with Crippen molar-refractivity contribution in [2.75, 3.05) is 31.1 Å². The van der Waals surface area contributed by atoms with E-state index in [9.17, 15) is 0 Å². The summed E-state index contributed by atoms with van der Waals surface area (Å²) in [6.45, 7) is 3.91. The molecule has 0 saturated heterocycles. The highest BCUT2D eigenvalue weighted by atomic mass is 35.5. The number of para-hydroxylation sites is 2. The summed E-state index contributed by atoms with van der Waals surface area (Å²) < 4.78 is 5.98. The number of hydrogen-bond donors (Lipinski definition) is 0. The van der Waals surface area contributed by atoms with Crippen molar-refractivity contribution in [2.24, 2.45) is 0 Å². The van der Waals surface area contributed by atoms with E-state index in [0.29, 0.717) is 10.0 Å². The Morgan fingerprint density at radius 2 is 1.52 bits per heavy atom. The van der Waals surface area contributed by atoms with Crippen LogP contribution in [0.4, 0.5) is 11.4 Å². The summed E-state index contributed by atoms with van der Waals surface area (Å²) in [6, 6.07) is 26.5. The fraction of sp³-hybridized carbons (Fsp3) is 0.231. The number of anilines is 2. The van der Waals surface area contributed by atoms with Crippen LogP contribution in [0.5, 0.6) is 5.75 Å². The minimum atomic E-state index is 0.513. The molecule has 1 aliphatic rings. The highest BCUT2D eigenvalue weighted by Gasteiger charge is 2.15. The average molecular weight is 453 g/mol. The van der Waals surface area contributed by atoms with Crippen LogP contribution in [-0.4, -0.2) is 31.1 Å². The first-order valence-electron chi connectivity index (χ1n) is 10.6. The predicted molar refractivity (Wildman–Crippen MR) is 131 cm³/mol. The molecule has 3 aromatic rings. The monoisotopic (exact) mass is 452 g/mol. The van der Waals surface area contributed by atoms with E-state index in [1.807, 2.05) is 6.07 Å². The van der Waals surface area contributed by atoms with E-state index >= 15 is 0 Å². The van der Waals surface area contributed by atoms with E-state index in [2.05, 4.69) is 76.5 Å². The van der Waals surface area contributed by atoms with Crippen LogP contribution in [0.3, 0.4) is 0 Å². The zero-order valence-electron chi connectivity index (χ0n) is 17.4. The Hall–Kier alpha value is -2.46. The minimum Gasteiger partial charge on any atom is -0.462 e. The van der Waals surface area contributed by atoms with Gasteiger partial charge in [0.25, 0.3) is 0 Å². The fourth-order valence-corrected chi connectivity index (χ4v) is 4.04. The van der Waals surface area contributed by atoms with E-state index < -0.39 is 0 Å². The lowest BCUT2D eigenvalue weighted by Crippen LogP contribution is -2.32. The molecule has 4 rings (SSSR count). The third kappa shape index (κ3) is 6.04. The predicted octanol–water partition coefficient (Wildman–Crippen LogP) is 7.19. The highest BCUT2D eigenvalue weighted by Crippen LogP contribution is 2.28. The SMILES string of the molecule is Clc1ccc(OC2=CCN(CCCN(c3ccccc3)c3ccccc3)CC2)cc1Cl. The second kappa shape index (κ2) is 10.7. The van der Waals surface area contributed by atoms with Crippen LogP contribution in [-0.2, 0) is 0 Å². The number of ether oxygens (including phenoxy) is 1. The number of nitrogens with zero attached hydrogens (tertiary/aromatic N) is 2. The van der Waals surface area contributed by atoms with Gasteiger partial charge >= 0.3 is 0 Å². The average Bonchev–Trinajstić information content (AvgIpc) is 2.81. The molecule has 0 spiro atoms. The van der Waals surface area contributed by atoms with E-state index in [4.69, 9.17) is 27.9 Å². The van der Waals surface area contributed by atoms with Crippen LogP contribution in [0, 0.1) is 0 Å². The minimum absolute atomic E-state index is 0.513. The molecular weight excluding hydrogens is 427 g/mol.